The van der Waals surface area contributed by atoms with E-state index in [1.165, 1.54) is 25.3 Å². The second-order valence-corrected chi connectivity index (χ2v) is 8.79. The maximum Gasteiger partial charge on any atom is 0.433 e. The molecule has 2 saturated carbocycles. The summed E-state index contributed by atoms with van der Waals surface area (Å²) in [5.41, 5.74) is -0.281. The van der Waals surface area contributed by atoms with Crippen molar-refractivity contribution in [3.8, 4) is 11.3 Å². The maximum atomic E-state index is 13.7. The van der Waals surface area contributed by atoms with Gasteiger partial charge in [-0.1, -0.05) is 36.8 Å². The number of hydrogen-bond donors (Lipinski definition) is 1. The van der Waals surface area contributed by atoms with Crippen LogP contribution in [0.5, 0.6) is 0 Å². The van der Waals surface area contributed by atoms with E-state index in [0.29, 0.717) is 21.9 Å². The number of benzene rings is 1. The Hall–Kier alpha value is -2.90. The minimum atomic E-state index is -4.64. The summed E-state index contributed by atoms with van der Waals surface area (Å²) in [7, 11) is 0. The minimum absolute atomic E-state index is 0.00796. The third-order valence-electron chi connectivity index (χ3n) is 6.81. The number of rotatable bonds is 4. The van der Waals surface area contributed by atoms with Crippen LogP contribution in [0.1, 0.15) is 48.8 Å². The zero-order valence-corrected chi connectivity index (χ0v) is 17.1. The van der Waals surface area contributed by atoms with Gasteiger partial charge in [0.2, 0.25) is 0 Å². The van der Waals surface area contributed by atoms with E-state index in [2.05, 4.69) is 15.4 Å². The van der Waals surface area contributed by atoms with Crippen molar-refractivity contribution >= 4 is 11.6 Å². The van der Waals surface area contributed by atoms with E-state index in [1.54, 1.807) is 30.3 Å². The zero-order valence-electron chi connectivity index (χ0n) is 17.1. The van der Waals surface area contributed by atoms with Gasteiger partial charge in [-0.2, -0.15) is 18.3 Å². The van der Waals surface area contributed by atoms with Crippen LogP contribution >= 0.6 is 0 Å². The average Bonchev–Trinajstić information content (AvgIpc) is 3.48. The van der Waals surface area contributed by atoms with E-state index in [9.17, 15) is 18.0 Å². The molecular formula is C23H23F3N4O. The molecule has 2 aliphatic carbocycles. The Morgan fingerprint density at radius 2 is 1.94 bits per heavy atom. The van der Waals surface area contributed by atoms with E-state index < -0.39 is 17.8 Å². The van der Waals surface area contributed by atoms with Gasteiger partial charge in [-0.3, -0.25) is 4.79 Å². The predicted octanol–water partition coefficient (Wildman–Crippen LogP) is 4.97. The number of carbonyl (C=O) groups is 1. The Morgan fingerprint density at radius 3 is 2.58 bits per heavy atom. The van der Waals surface area contributed by atoms with Crippen LogP contribution < -0.4 is 5.32 Å². The monoisotopic (exact) mass is 428 g/mol. The molecule has 1 N–H and O–H groups in total. The summed E-state index contributed by atoms with van der Waals surface area (Å²) < 4.78 is 41.9. The Bertz CT molecular complexity index is 1130. The lowest BCUT2D eigenvalue weighted by Crippen LogP contribution is -2.40. The Morgan fingerprint density at radius 1 is 1.16 bits per heavy atom. The van der Waals surface area contributed by atoms with Gasteiger partial charge in [0, 0.05) is 17.7 Å². The quantitative estimate of drug-likeness (QED) is 0.638. The molecule has 1 amide bonds. The first-order valence-electron chi connectivity index (χ1n) is 10.6. The Kier molecular flexibility index (Phi) is 4.75. The van der Waals surface area contributed by atoms with Gasteiger partial charge < -0.3 is 5.32 Å². The molecule has 162 valence electrons. The molecule has 31 heavy (non-hydrogen) atoms. The normalized spacial score (nSPS) is 23.9. The molecule has 2 aliphatic rings. The summed E-state index contributed by atoms with van der Waals surface area (Å²) in [6.07, 6.45) is 0.160. The Labute approximate surface area is 177 Å². The molecule has 5 nitrogen and oxygen atoms in total. The standard InChI is InChI=1S/C23H23F3N4O/c1-13(17-10-14-7-8-16(17)9-14)27-22(31)19-12-21-28-18(15-5-3-2-4-6-15)11-20(23(24,25)26)30(21)29-19/h2-6,11-14,16-17H,7-10H2,1H3,(H,27,31)/t13-,14-,16-,17-/m0/s1. The summed E-state index contributed by atoms with van der Waals surface area (Å²) in [4.78, 5) is 17.1. The van der Waals surface area contributed by atoms with Crippen LogP contribution in [0.3, 0.4) is 0 Å². The molecule has 0 spiro atoms. The van der Waals surface area contributed by atoms with Gasteiger partial charge in [-0.25, -0.2) is 9.50 Å². The van der Waals surface area contributed by atoms with E-state index in [4.69, 9.17) is 0 Å². The number of hydrogen-bond acceptors (Lipinski definition) is 3. The lowest BCUT2D eigenvalue weighted by Gasteiger charge is -2.28. The molecule has 0 aliphatic heterocycles. The number of halogens is 3. The van der Waals surface area contributed by atoms with E-state index in [-0.39, 0.29) is 23.1 Å². The number of alkyl halides is 3. The van der Waals surface area contributed by atoms with Crippen molar-refractivity contribution in [2.45, 2.75) is 44.8 Å². The number of nitrogens with one attached hydrogen (secondary N) is 1. The molecule has 0 radical (unpaired) electrons. The molecule has 2 fully saturated rings. The van der Waals surface area contributed by atoms with Crippen LogP contribution in [-0.4, -0.2) is 26.5 Å². The van der Waals surface area contributed by atoms with Gasteiger partial charge in [-0.05, 0) is 50.0 Å². The van der Waals surface area contributed by atoms with Crippen LogP contribution in [0.25, 0.3) is 16.9 Å². The summed E-state index contributed by atoms with van der Waals surface area (Å²) in [6, 6.07) is 10.9. The Balaban J connectivity index is 1.46. The second kappa shape index (κ2) is 7.35. The number of fused-ring (bicyclic) bond motifs is 3. The molecule has 5 rings (SSSR count). The lowest BCUT2D eigenvalue weighted by atomic mass is 9.84. The first-order valence-corrected chi connectivity index (χ1v) is 10.6. The second-order valence-electron chi connectivity index (χ2n) is 8.79. The highest BCUT2D eigenvalue weighted by Crippen LogP contribution is 2.49. The summed E-state index contributed by atoms with van der Waals surface area (Å²) in [6.45, 7) is 1.98. The van der Waals surface area contributed by atoms with E-state index in [1.807, 2.05) is 6.92 Å². The number of nitrogens with zero attached hydrogens (tertiary/aromatic N) is 3. The third kappa shape index (κ3) is 3.68. The maximum absolute atomic E-state index is 13.7. The van der Waals surface area contributed by atoms with Crippen molar-refractivity contribution in [1.29, 1.82) is 0 Å². The summed E-state index contributed by atoms with van der Waals surface area (Å²) in [5, 5.41) is 6.93. The van der Waals surface area contributed by atoms with Crippen molar-refractivity contribution in [1.82, 2.24) is 19.9 Å². The van der Waals surface area contributed by atoms with E-state index in [0.717, 1.165) is 18.4 Å². The van der Waals surface area contributed by atoms with Gasteiger partial charge in [-0.15, -0.1) is 0 Å². The lowest BCUT2D eigenvalue weighted by molar-refractivity contribution is -0.142. The molecule has 4 atom stereocenters. The van der Waals surface area contributed by atoms with Gasteiger partial charge in [0.25, 0.3) is 5.91 Å². The molecule has 0 saturated heterocycles. The first-order chi connectivity index (χ1) is 14.8. The highest BCUT2D eigenvalue weighted by Gasteiger charge is 2.42. The predicted molar refractivity (Wildman–Crippen MR) is 109 cm³/mol. The molecule has 2 aromatic heterocycles. The molecular weight excluding hydrogens is 405 g/mol. The fourth-order valence-corrected chi connectivity index (χ4v) is 5.34. The molecule has 0 unspecified atom stereocenters. The highest BCUT2D eigenvalue weighted by molar-refractivity contribution is 5.93. The van der Waals surface area contributed by atoms with Crippen LogP contribution in [0.15, 0.2) is 42.5 Å². The summed E-state index contributed by atoms with van der Waals surface area (Å²) >= 11 is 0. The fourth-order valence-electron chi connectivity index (χ4n) is 5.34. The van der Waals surface area contributed by atoms with Crippen LogP contribution in [0.2, 0.25) is 0 Å². The van der Waals surface area contributed by atoms with Gasteiger partial charge >= 0.3 is 6.18 Å². The van der Waals surface area contributed by atoms with Crippen LogP contribution in [0, 0.1) is 17.8 Å². The van der Waals surface area contributed by atoms with Crippen molar-refractivity contribution in [3.05, 3.63) is 53.9 Å². The van der Waals surface area contributed by atoms with Crippen molar-refractivity contribution in [2.24, 2.45) is 17.8 Å². The number of carbonyl (C=O) groups excluding carboxylic acids is 1. The molecule has 2 heterocycles. The van der Waals surface area contributed by atoms with Crippen LogP contribution in [-0.2, 0) is 6.18 Å². The fraction of sp³-hybridized carbons (Fsp3) is 0.435. The van der Waals surface area contributed by atoms with Gasteiger partial charge in [0.1, 0.15) is 0 Å². The van der Waals surface area contributed by atoms with Crippen LogP contribution in [0.4, 0.5) is 13.2 Å². The number of aromatic nitrogens is 3. The largest absolute Gasteiger partial charge is 0.433 e. The van der Waals surface area contributed by atoms with Gasteiger partial charge in [0.15, 0.2) is 17.0 Å². The zero-order chi connectivity index (χ0) is 21.8. The van der Waals surface area contributed by atoms with Gasteiger partial charge in [0.05, 0.1) is 5.69 Å². The minimum Gasteiger partial charge on any atom is -0.348 e. The molecule has 1 aromatic carbocycles. The topological polar surface area (TPSA) is 59.3 Å². The molecule has 8 heteroatoms. The summed E-state index contributed by atoms with van der Waals surface area (Å²) in [5.74, 6) is 1.34. The smallest absolute Gasteiger partial charge is 0.348 e. The molecule has 2 bridgehead atoms. The van der Waals surface area contributed by atoms with Crippen molar-refractivity contribution in [2.75, 3.05) is 0 Å². The molecule has 3 aromatic rings. The highest BCUT2D eigenvalue weighted by atomic mass is 19.4. The van der Waals surface area contributed by atoms with E-state index >= 15 is 0 Å². The SMILES string of the molecule is C[C@H](NC(=O)c1cc2nc(-c3ccccc3)cc(C(F)(F)F)n2n1)[C@@H]1C[C@H]2CC[C@H]1C2. The first kappa shape index (κ1) is 20.0. The average molecular weight is 428 g/mol. The third-order valence-corrected chi connectivity index (χ3v) is 6.81. The van der Waals surface area contributed by atoms with Crippen molar-refractivity contribution < 1.29 is 18.0 Å². The number of amides is 1. The van der Waals surface area contributed by atoms with Crippen molar-refractivity contribution in [3.63, 3.8) is 0 Å².